The number of aromatic nitrogens is 2. The summed E-state index contributed by atoms with van der Waals surface area (Å²) in [6, 6.07) is 1.37. The van der Waals surface area contributed by atoms with Gasteiger partial charge in [0.1, 0.15) is 10.9 Å². The van der Waals surface area contributed by atoms with Crippen molar-refractivity contribution in [2.75, 3.05) is 13.1 Å². The second-order valence-corrected chi connectivity index (χ2v) is 7.33. The van der Waals surface area contributed by atoms with Gasteiger partial charge < -0.3 is 16.0 Å². The quantitative estimate of drug-likeness (QED) is 0.832. The molecule has 0 aliphatic carbocycles. The molecule has 2 unspecified atom stereocenters. The van der Waals surface area contributed by atoms with Crippen molar-refractivity contribution < 1.29 is 9.59 Å². The van der Waals surface area contributed by atoms with Gasteiger partial charge in [0.2, 0.25) is 5.91 Å². The number of hydrogen-bond acceptors (Lipinski definition) is 5. The number of nitrogens with one attached hydrogen (secondary N) is 1. The molecule has 2 atom stereocenters. The largest absolute Gasteiger partial charge is 0.340 e. The first kappa shape index (κ1) is 19.7. The molecule has 0 bridgehead atoms. The Balaban J connectivity index is 0.00000225. The zero-order valence-electron chi connectivity index (χ0n) is 14.6. The Morgan fingerprint density at radius 3 is 2.88 bits per heavy atom. The summed E-state index contributed by atoms with van der Waals surface area (Å²) in [5.74, 6) is -0.282. The number of likely N-dealkylation sites (tertiary alicyclic amines) is 1. The van der Waals surface area contributed by atoms with Crippen molar-refractivity contribution in [3.63, 3.8) is 0 Å². The molecule has 7 nitrogen and oxygen atoms in total. The van der Waals surface area contributed by atoms with E-state index in [0.717, 1.165) is 28.8 Å². The van der Waals surface area contributed by atoms with Gasteiger partial charge in [-0.05, 0) is 32.8 Å². The molecule has 1 aliphatic rings. The van der Waals surface area contributed by atoms with Gasteiger partial charge in [-0.2, -0.15) is 5.10 Å². The summed E-state index contributed by atoms with van der Waals surface area (Å²) in [5, 5.41) is 8.13. The number of thiophene rings is 1. The van der Waals surface area contributed by atoms with Gasteiger partial charge in [-0.1, -0.05) is 0 Å². The molecule has 1 aliphatic heterocycles. The molecule has 1 fully saturated rings. The summed E-state index contributed by atoms with van der Waals surface area (Å²) >= 11 is 1.39. The minimum atomic E-state index is -0.561. The normalized spacial score (nSPS) is 18.2. The van der Waals surface area contributed by atoms with Crippen molar-refractivity contribution in [1.29, 1.82) is 0 Å². The lowest BCUT2D eigenvalue weighted by atomic mass is 10.2. The molecule has 3 N–H and O–H groups in total. The molecule has 0 spiro atoms. The van der Waals surface area contributed by atoms with Gasteiger partial charge in [-0.3, -0.25) is 14.3 Å². The fourth-order valence-electron chi connectivity index (χ4n) is 3.27. The highest BCUT2D eigenvalue weighted by Crippen LogP contribution is 2.27. The van der Waals surface area contributed by atoms with Gasteiger partial charge in [-0.15, -0.1) is 23.7 Å². The van der Waals surface area contributed by atoms with Crippen molar-refractivity contribution in [1.82, 2.24) is 20.0 Å². The number of aryl methyl sites for hydroxylation is 2. The van der Waals surface area contributed by atoms with Gasteiger partial charge >= 0.3 is 0 Å². The lowest BCUT2D eigenvalue weighted by Crippen LogP contribution is -2.50. The van der Waals surface area contributed by atoms with Crippen molar-refractivity contribution in [2.24, 2.45) is 12.8 Å². The molecule has 3 heterocycles. The number of rotatable bonds is 4. The highest BCUT2D eigenvalue weighted by molar-refractivity contribution is 7.20. The minimum absolute atomic E-state index is 0. The summed E-state index contributed by atoms with van der Waals surface area (Å²) in [4.78, 5) is 28.4. The number of halogens is 1. The number of carbonyl (C=O) groups is 2. The van der Waals surface area contributed by atoms with Crippen LogP contribution in [0.4, 0.5) is 0 Å². The van der Waals surface area contributed by atoms with Crippen LogP contribution in [0.25, 0.3) is 10.2 Å². The Hall–Kier alpha value is -1.64. The fourth-order valence-corrected chi connectivity index (χ4v) is 4.29. The SMILES string of the molecule is Cc1nn(C)c2sc(C(=O)NC(C)C(=O)N3CCCC3CN)cc12.Cl. The van der Waals surface area contributed by atoms with E-state index < -0.39 is 6.04 Å². The summed E-state index contributed by atoms with van der Waals surface area (Å²) < 4.78 is 1.77. The van der Waals surface area contributed by atoms with Crippen LogP contribution < -0.4 is 11.1 Å². The third-order valence-electron chi connectivity index (χ3n) is 4.57. The van der Waals surface area contributed by atoms with Crippen LogP contribution in [0, 0.1) is 6.92 Å². The fraction of sp³-hybridized carbons (Fsp3) is 0.562. The smallest absolute Gasteiger partial charge is 0.262 e. The number of hydrogen-bond donors (Lipinski definition) is 2. The van der Waals surface area contributed by atoms with E-state index in [4.69, 9.17) is 5.73 Å². The molecule has 1 saturated heterocycles. The van der Waals surface area contributed by atoms with E-state index in [2.05, 4.69) is 10.4 Å². The van der Waals surface area contributed by atoms with Crippen LogP contribution in [0.5, 0.6) is 0 Å². The standard InChI is InChI=1S/C16H23N5O2S.ClH/c1-9-12-7-13(24-16(12)20(3)19-9)14(22)18-10(2)15(23)21-6-4-5-11(21)8-17;/h7,10-11H,4-6,8,17H2,1-3H3,(H,18,22);1H. The van der Waals surface area contributed by atoms with Crippen molar-refractivity contribution in [3.8, 4) is 0 Å². The molecule has 3 rings (SSSR count). The van der Waals surface area contributed by atoms with E-state index in [1.807, 2.05) is 20.0 Å². The van der Waals surface area contributed by atoms with Crippen molar-refractivity contribution in [2.45, 2.75) is 38.8 Å². The number of fused-ring (bicyclic) bond motifs is 1. The Morgan fingerprint density at radius 2 is 2.24 bits per heavy atom. The maximum atomic E-state index is 12.6. The predicted molar refractivity (Wildman–Crippen MR) is 101 cm³/mol. The van der Waals surface area contributed by atoms with E-state index >= 15 is 0 Å². The Bertz CT molecular complexity index is 752. The Labute approximate surface area is 156 Å². The Kier molecular flexibility index (Phi) is 6.08. The third-order valence-corrected chi connectivity index (χ3v) is 5.77. The van der Waals surface area contributed by atoms with Gasteiger partial charge in [-0.25, -0.2) is 0 Å². The molecular weight excluding hydrogens is 362 g/mol. The molecule has 2 aromatic rings. The van der Waals surface area contributed by atoms with Crippen LogP contribution >= 0.6 is 23.7 Å². The summed E-state index contributed by atoms with van der Waals surface area (Å²) in [6.07, 6.45) is 1.91. The zero-order valence-corrected chi connectivity index (χ0v) is 16.2. The molecule has 0 radical (unpaired) electrons. The number of nitrogens with zero attached hydrogens (tertiary/aromatic N) is 3. The predicted octanol–water partition coefficient (Wildman–Crippen LogP) is 1.43. The van der Waals surface area contributed by atoms with Crippen LogP contribution in [0.15, 0.2) is 6.07 Å². The number of amides is 2. The van der Waals surface area contributed by atoms with Crippen molar-refractivity contribution in [3.05, 3.63) is 16.6 Å². The van der Waals surface area contributed by atoms with Crippen LogP contribution in [0.3, 0.4) is 0 Å². The monoisotopic (exact) mass is 385 g/mol. The average Bonchev–Trinajstić information content (AvgIpc) is 3.24. The van der Waals surface area contributed by atoms with Gasteiger partial charge in [0.15, 0.2) is 0 Å². The maximum Gasteiger partial charge on any atom is 0.262 e. The highest BCUT2D eigenvalue weighted by atomic mass is 35.5. The summed E-state index contributed by atoms with van der Waals surface area (Å²) in [6.45, 7) is 4.83. The molecule has 0 saturated carbocycles. The van der Waals surface area contributed by atoms with E-state index in [-0.39, 0.29) is 30.3 Å². The second-order valence-electron chi connectivity index (χ2n) is 6.30. The van der Waals surface area contributed by atoms with E-state index in [9.17, 15) is 9.59 Å². The number of nitrogens with two attached hydrogens (primary N) is 1. The molecule has 2 amide bonds. The lowest BCUT2D eigenvalue weighted by Gasteiger charge is -2.26. The van der Waals surface area contributed by atoms with Gasteiger partial charge in [0.25, 0.3) is 5.91 Å². The van der Waals surface area contributed by atoms with Gasteiger partial charge in [0.05, 0.1) is 10.6 Å². The molecule has 0 aromatic carbocycles. The lowest BCUT2D eigenvalue weighted by molar-refractivity contribution is -0.133. The molecule has 9 heteroatoms. The van der Waals surface area contributed by atoms with Crippen LogP contribution in [-0.4, -0.2) is 51.7 Å². The first-order valence-electron chi connectivity index (χ1n) is 8.17. The highest BCUT2D eigenvalue weighted by Gasteiger charge is 2.31. The zero-order chi connectivity index (χ0) is 17.4. The summed E-state index contributed by atoms with van der Waals surface area (Å²) in [7, 11) is 1.86. The van der Waals surface area contributed by atoms with E-state index in [0.29, 0.717) is 18.0 Å². The first-order chi connectivity index (χ1) is 11.4. The molecule has 138 valence electrons. The van der Waals surface area contributed by atoms with E-state index in [1.165, 1.54) is 11.3 Å². The van der Waals surface area contributed by atoms with Crippen LogP contribution in [0.1, 0.15) is 35.1 Å². The third kappa shape index (κ3) is 3.65. The minimum Gasteiger partial charge on any atom is -0.340 e. The van der Waals surface area contributed by atoms with E-state index in [1.54, 1.807) is 16.5 Å². The second kappa shape index (κ2) is 7.72. The number of carbonyl (C=O) groups excluding carboxylic acids is 2. The molecular formula is C16H24ClN5O2S. The summed E-state index contributed by atoms with van der Waals surface area (Å²) in [5.41, 5.74) is 6.62. The van der Waals surface area contributed by atoms with Gasteiger partial charge in [0, 0.05) is 31.6 Å². The topological polar surface area (TPSA) is 93.2 Å². The maximum absolute atomic E-state index is 12.6. The first-order valence-corrected chi connectivity index (χ1v) is 8.98. The average molecular weight is 386 g/mol. The van der Waals surface area contributed by atoms with Crippen LogP contribution in [0.2, 0.25) is 0 Å². The Morgan fingerprint density at radius 1 is 1.52 bits per heavy atom. The molecule has 25 heavy (non-hydrogen) atoms. The molecule has 2 aromatic heterocycles. The van der Waals surface area contributed by atoms with Crippen LogP contribution in [-0.2, 0) is 11.8 Å². The van der Waals surface area contributed by atoms with Crippen molar-refractivity contribution >= 4 is 45.8 Å².